The summed E-state index contributed by atoms with van der Waals surface area (Å²) in [6, 6.07) is 0. The Bertz CT molecular complexity index is 498. The third-order valence-electron chi connectivity index (χ3n) is 2.26. The van der Waals surface area contributed by atoms with Crippen molar-refractivity contribution in [2.45, 2.75) is 12.4 Å². The second kappa shape index (κ2) is 3.56. The number of hydrogen-bond acceptors (Lipinski definition) is 3. The highest BCUT2D eigenvalue weighted by atomic mass is 19.4. The molecule has 2 rings (SSSR count). The molecule has 0 fully saturated rings. The van der Waals surface area contributed by atoms with E-state index in [0.717, 1.165) is 0 Å². The highest BCUT2D eigenvalue weighted by Crippen LogP contribution is 2.38. The van der Waals surface area contributed by atoms with E-state index in [4.69, 9.17) is 0 Å². The molecule has 18 heavy (non-hydrogen) atoms. The smallest absolute Gasteiger partial charge is 0.272 e. The maximum atomic E-state index is 12.6. The Morgan fingerprint density at radius 2 is 1.72 bits per heavy atom. The molecule has 0 radical (unpaired) electrons. The summed E-state index contributed by atoms with van der Waals surface area (Å²) < 4.78 is 74.8. The fraction of sp³-hybridized carbons (Fsp3) is 0.375. The van der Waals surface area contributed by atoms with Crippen LogP contribution in [-0.2, 0) is 4.79 Å². The fourth-order valence-electron chi connectivity index (χ4n) is 1.51. The lowest BCUT2D eigenvalue weighted by Gasteiger charge is -2.21. The number of hydrogen-bond donors (Lipinski definition) is 1. The molecule has 0 unspecified atom stereocenters. The van der Waals surface area contributed by atoms with Crippen molar-refractivity contribution in [2.75, 3.05) is 0 Å². The molecule has 1 atom stereocenters. The number of nitrogens with zero attached hydrogens (tertiary/aromatic N) is 2. The first-order valence-corrected chi connectivity index (χ1v) is 4.43. The third-order valence-corrected chi connectivity index (χ3v) is 2.26. The monoisotopic (exact) mass is 271 g/mol. The third kappa shape index (κ3) is 1.97. The highest BCUT2D eigenvalue weighted by molar-refractivity contribution is 6.19. The lowest BCUT2D eigenvalue weighted by atomic mass is 9.93. The van der Waals surface area contributed by atoms with E-state index in [1.807, 2.05) is 0 Å². The Morgan fingerprint density at radius 3 is 2.22 bits per heavy atom. The van der Waals surface area contributed by atoms with Crippen LogP contribution in [0.5, 0.6) is 0 Å². The van der Waals surface area contributed by atoms with Gasteiger partial charge in [-0.05, 0) is 6.08 Å². The Kier molecular flexibility index (Phi) is 2.49. The molecule has 0 bridgehead atoms. The molecule has 0 aromatic carbocycles. The summed E-state index contributed by atoms with van der Waals surface area (Å²) in [5.74, 6) is -3.92. The number of rotatable bonds is 0. The van der Waals surface area contributed by atoms with Crippen LogP contribution in [0.3, 0.4) is 0 Å². The summed E-state index contributed by atoms with van der Waals surface area (Å²) in [6.07, 6.45) is -10.3. The van der Waals surface area contributed by atoms with Crippen LogP contribution in [0.1, 0.15) is 0 Å². The minimum atomic E-state index is -5.07. The first-order valence-electron chi connectivity index (χ1n) is 4.43. The number of allylic oxidation sites excluding steroid dienone is 1. The van der Waals surface area contributed by atoms with E-state index in [1.165, 1.54) is 0 Å². The van der Waals surface area contributed by atoms with Crippen molar-refractivity contribution >= 4 is 17.5 Å². The Balaban J connectivity index is 2.54. The number of amidine groups is 1. The predicted octanol–water partition coefficient (Wildman–Crippen LogP) is 1.55. The Hall–Kier alpha value is -1.87. The van der Waals surface area contributed by atoms with Gasteiger partial charge in [-0.3, -0.25) is 4.79 Å². The lowest BCUT2D eigenvalue weighted by molar-refractivity contribution is -0.126. The average Bonchev–Trinajstić information content (AvgIpc) is 2.56. The van der Waals surface area contributed by atoms with Gasteiger partial charge in [-0.15, -0.1) is 0 Å². The zero-order valence-electron chi connectivity index (χ0n) is 8.23. The Morgan fingerprint density at radius 1 is 1.11 bits per heavy atom. The maximum absolute atomic E-state index is 12.6. The summed E-state index contributed by atoms with van der Waals surface area (Å²) in [6.45, 7) is 0. The van der Waals surface area contributed by atoms with Gasteiger partial charge in [0.05, 0.1) is 5.57 Å². The molecule has 0 aromatic rings. The van der Waals surface area contributed by atoms with E-state index < -0.39 is 41.3 Å². The number of alkyl halides is 6. The first kappa shape index (κ1) is 12.6. The lowest BCUT2D eigenvalue weighted by Crippen LogP contribution is -2.37. The molecular weight excluding hydrogens is 268 g/mol. The molecule has 0 saturated carbocycles. The normalized spacial score (nSPS) is 24.0. The summed E-state index contributed by atoms with van der Waals surface area (Å²) in [7, 11) is 0. The van der Waals surface area contributed by atoms with Crippen molar-refractivity contribution in [1.82, 2.24) is 5.43 Å². The summed E-state index contributed by atoms with van der Waals surface area (Å²) >= 11 is 0. The van der Waals surface area contributed by atoms with E-state index in [-0.39, 0.29) is 6.08 Å². The Labute approximate surface area is 95.1 Å². The van der Waals surface area contributed by atoms with Crippen LogP contribution in [-0.4, -0.2) is 29.8 Å². The molecule has 4 nitrogen and oxygen atoms in total. The van der Waals surface area contributed by atoms with Gasteiger partial charge in [0.2, 0.25) is 0 Å². The largest absolute Gasteiger partial charge is 0.433 e. The standard InChI is InChI=1S/C8H3F6N3O/c9-7(10,11)2-1-3(8(12,13)14)15-5-4(2)6(18)17-16-5/h1,4H,(H,17,18)/t4-/m0/s1. The van der Waals surface area contributed by atoms with Crippen LogP contribution < -0.4 is 5.43 Å². The van der Waals surface area contributed by atoms with E-state index in [0.29, 0.717) is 0 Å². The minimum absolute atomic E-state index is 0.172. The second-order valence-corrected chi connectivity index (χ2v) is 3.47. The molecular formula is C8H3F6N3O. The number of hydrazone groups is 1. The van der Waals surface area contributed by atoms with Gasteiger partial charge in [-0.25, -0.2) is 10.4 Å². The number of carbonyl (C=O) groups is 1. The van der Waals surface area contributed by atoms with Crippen molar-refractivity contribution < 1.29 is 31.1 Å². The van der Waals surface area contributed by atoms with Crippen molar-refractivity contribution in [3.05, 3.63) is 11.6 Å². The molecule has 0 aliphatic carbocycles. The van der Waals surface area contributed by atoms with Crippen LogP contribution in [0.2, 0.25) is 0 Å². The zero-order chi connectivity index (χ0) is 13.7. The van der Waals surface area contributed by atoms with Gasteiger partial charge in [0.1, 0.15) is 11.6 Å². The summed E-state index contributed by atoms with van der Waals surface area (Å²) in [5, 5.41) is 3.06. The molecule has 1 amide bonds. The SMILES string of the molecule is O=C1NN=C2N=C(C(F)(F)F)C=C(C(F)(F)F)[C@H]12. The minimum Gasteiger partial charge on any atom is -0.272 e. The van der Waals surface area contributed by atoms with Gasteiger partial charge in [0.25, 0.3) is 5.91 Å². The number of fused-ring (bicyclic) bond motifs is 1. The van der Waals surface area contributed by atoms with Crippen LogP contribution >= 0.6 is 0 Å². The summed E-state index contributed by atoms with van der Waals surface area (Å²) in [4.78, 5) is 14.0. The number of amides is 1. The van der Waals surface area contributed by atoms with Crippen molar-refractivity contribution in [1.29, 1.82) is 0 Å². The molecule has 98 valence electrons. The van der Waals surface area contributed by atoms with Crippen LogP contribution in [0.4, 0.5) is 26.3 Å². The molecule has 2 aliphatic heterocycles. The zero-order valence-corrected chi connectivity index (χ0v) is 8.23. The fourth-order valence-corrected chi connectivity index (χ4v) is 1.51. The number of aliphatic imine (C=N–C) groups is 1. The van der Waals surface area contributed by atoms with Crippen molar-refractivity contribution in [3.63, 3.8) is 0 Å². The quantitative estimate of drug-likeness (QED) is 0.668. The van der Waals surface area contributed by atoms with Crippen LogP contribution in [0, 0.1) is 5.92 Å². The van der Waals surface area contributed by atoms with E-state index in [2.05, 4.69) is 10.1 Å². The van der Waals surface area contributed by atoms with E-state index >= 15 is 0 Å². The molecule has 0 spiro atoms. The predicted molar refractivity (Wildman–Crippen MR) is 46.7 cm³/mol. The van der Waals surface area contributed by atoms with Crippen LogP contribution in [0.25, 0.3) is 0 Å². The molecule has 0 saturated heterocycles. The van der Waals surface area contributed by atoms with Gasteiger partial charge in [0, 0.05) is 0 Å². The number of carbonyl (C=O) groups excluding carboxylic acids is 1. The van der Waals surface area contributed by atoms with Gasteiger partial charge in [0.15, 0.2) is 5.84 Å². The highest BCUT2D eigenvalue weighted by Gasteiger charge is 2.51. The average molecular weight is 271 g/mol. The summed E-state index contributed by atoms with van der Waals surface area (Å²) in [5.41, 5.74) is -1.69. The first-order chi connectivity index (χ1) is 8.10. The van der Waals surface area contributed by atoms with Gasteiger partial charge in [-0.1, -0.05) is 0 Å². The van der Waals surface area contributed by atoms with Crippen molar-refractivity contribution in [3.8, 4) is 0 Å². The van der Waals surface area contributed by atoms with Gasteiger partial charge >= 0.3 is 12.4 Å². The molecule has 2 aliphatic rings. The van der Waals surface area contributed by atoms with Gasteiger partial charge < -0.3 is 0 Å². The topological polar surface area (TPSA) is 53.8 Å². The van der Waals surface area contributed by atoms with E-state index in [9.17, 15) is 31.1 Å². The number of nitrogens with one attached hydrogen (secondary N) is 1. The number of halogens is 6. The van der Waals surface area contributed by atoms with Gasteiger partial charge in [-0.2, -0.15) is 31.4 Å². The van der Waals surface area contributed by atoms with E-state index in [1.54, 1.807) is 5.43 Å². The molecule has 1 N–H and O–H groups in total. The molecule has 2 heterocycles. The number of dihydropyridines is 1. The molecule has 10 heteroatoms. The molecule has 0 aromatic heterocycles. The maximum Gasteiger partial charge on any atom is 0.433 e. The van der Waals surface area contributed by atoms with Crippen molar-refractivity contribution in [2.24, 2.45) is 16.0 Å². The van der Waals surface area contributed by atoms with Crippen LogP contribution in [0.15, 0.2) is 21.7 Å². The second-order valence-electron chi connectivity index (χ2n) is 3.47.